The maximum absolute atomic E-state index is 10.9. The van der Waals surface area contributed by atoms with Gasteiger partial charge in [-0.15, -0.1) is 0 Å². The van der Waals surface area contributed by atoms with Gasteiger partial charge in [-0.3, -0.25) is 4.98 Å². The van der Waals surface area contributed by atoms with Crippen LogP contribution >= 0.6 is 11.6 Å². The van der Waals surface area contributed by atoms with Gasteiger partial charge < -0.3 is 10.1 Å². The molecule has 2 aromatic rings. The van der Waals surface area contributed by atoms with Crippen LogP contribution < -0.4 is 5.32 Å². The summed E-state index contributed by atoms with van der Waals surface area (Å²) in [5.74, 6) is -0.422. The first-order chi connectivity index (χ1) is 8.72. The van der Waals surface area contributed by atoms with Crippen molar-refractivity contribution in [2.45, 2.75) is 0 Å². The number of rotatable bonds is 3. The van der Waals surface area contributed by atoms with Gasteiger partial charge in [0, 0.05) is 23.9 Å². The van der Waals surface area contributed by atoms with Crippen molar-refractivity contribution >= 4 is 34.2 Å². The fourth-order valence-electron chi connectivity index (χ4n) is 1.52. The molecular formula is C13H11ClN2O2. The largest absolute Gasteiger partial charge is 0.466 e. The fraction of sp³-hybridized carbons (Fsp3) is 0.0769. The molecule has 5 heteroatoms. The van der Waals surface area contributed by atoms with Gasteiger partial charge in [0.05, 0.1) is 23.3 Å². The Kier molecular flexibility index (Phi) is 3.79. The maximum atomic E-state index is 10.9. The van der Waals surface area contributed by atoms with Crippen LogP contribution in [0.5, 0.6) is 0 Å². The number of pyridine rings is 1. The highest BCUT2D eigenvalue weighted by atomic mass is 35.5. The lowest BCUT2D eigenvalue weighted by atomic mass is 10.2. The minimum atomic E-state index is -0.422. The monoisotopic (exact) mass is 262 g/mol. The highest BCUT2D eigenvalue weighted by molar-refractivity contribution is 6.35. The molecule has 0 atom stereocenters. The Bertz CT molecular complexity index is 611. The summed E-state index contributed by atoms with van der Waals surface area (Å²) >= 11 is 6.08. The zero-order valence-corrected chi connectivity index (χ0v) is 10.4. The second-order valence-corrected chi connectivity index (χ2v) is 3.90. The van der Waals surface area contributed by atoms with Gasteiger partial charge >= 0.3 is 5.97 Å². The van der Waals surface area contributed by atoms with E-state index in [1.807, 2.05) is 12.1 Å². The van der Waals surface area contributed by atoms with E-state index in [9.17, 15) is 4.79 Å². The summed E-state index contributed by atoms with van der Waals surface area (Å²) in [5.41, 5.74) is 1.52. The standard InChI is InChI=1S/C13H11ClN2O2/c1-18-12(17)6-8-15-11-5-4-10(14)9-3-2-7-16-13(9)11/h2-8,15H,1H3/b8-6+. The summed E-state index contributed by atoms with van der Waals surface area (Å²) in [6.45, 7) is 0. The molecule has 0 spiro atoms. The number of aromatic nitrogens is 1. The van der Waals surface area contributed by atoms with Gasteiger partial charge in [-0.05, 0) is 24.3 Å². The first-order valence-electron chi connectivity index (χ1n) is 5.26. The number of nitrogens with zero attached hydrogens (tertiary/aromatic N) is 1. The minimum absolute atomic E-state index is 0.422. The number of hydrogen-bond donors (Lipinski definition) is 1. The Balaban J connectivity index is 2.32. The normalized spacial score (nSPS) is 10.8. The predicted molar refractivity (Wildman–Crippen MR) is 71.5 cm³/mol. The van der Waals surface area contributed by atoms with Gasteiger partial charge in [-0.2, -0.15) is 0 Å². The smallest absolute Gasteiger partial charge is 0.331 e. The van der Waals surface area contributed by atoms with Crippen LogP contribution in [0.2, 0.25) is 5.02 Å². The molecular weight excluding hydrogens is 252 g/mol. The number of anilines is 1. The van der Waals surface area contributed by atoms with E-state index in [2.05, 4.69) is 15.0 Å². The zero-order valence-electron chi connectivity index (χ0n) is 9.68. The lowest BCUT2D eigenvalue weighted by Crippen LogP contribution is -1.97. The fourth-order valence-corrected chi connectivity index (χ4v) is 1.74. The van der Waals surface area contributed by atoms with Crippen molar-refractivity contribution in [1.29, 1.82) is 0 Å². The average Bonchev–Trinajstić information content (AvgIpc) is 2.41. The van der Waals surface area contributed by atoms with Crippen LogP contribution in [-0.4, -0.2) is 18.1 Å². The first-order valence-corrected chi connectivity index (χ1v) is 5.64. The summed E-state index contributed by atoms with van der Waals surface area (Å²) in [4.78, 5) is 15.2. The number of carbonyl (C=O) groups is 1. The summed E-state index contributed by atoms with van der Waals surface area (Å²) in [5, 5.41) is 4.47. The number of ether oxygens (including phenoxy) is 1. The van der Waals surface area contributed by atoms with Crippen LogP contribution in [-0.2, 0) is 9.53 Å². The highest BCUT2D eigenvalue weighted by Gasteiger charge is 2.04. The number of carbonyl (C=O) groups excluding carboxylic acids is 1. The molecule has 1 aromatic heterocycles. The van der Waals surface area contributed by atoms with Gasteiger partial charge in [-0.25, -0.2) is 4.79 Å². The van der Waals surface area contributed by atoms with Gasteiger partial charge in [0.2, 0.25) is 0 Å². The number of fused-ring (bicyclic) bond motifs is 1. The summed E-state index contributed by atoms with van der Waals surface area (Å²) < 4.78 is 4.49. The van der Waals surface area contributed by atoms with Gasteiger partial charge in [-0.1, -0.05) is 11.6 Å². The predicted octanol–water partition coefficient (Wildman–Crippen LogP) is 2.99. The number of hydrogen-bond acceptors (Lipinski definition) is 4. The molecule has 0 fully saturated rings. The topological polar surface area (TPSA) is 51.2 Å². The molecule has 1 N–H and O–H groups in total. The molecule has 0 saturated heterocycles. The van der Waals surface area contributed by atoms with Crippen molar-refractivity contribution in [2.24, 2.45) is 0 Å². The van der Waals surface area contributed by atoms with Crippen molar-refractivity contribution in [3.05, 3.63) is 47.8 Å². The second kappa shape index (κ2) is 5.51. The molecule has 2 rings (SSSR count). The zero-order chi connectivity index (χ0) is 13.0. The summed E-state index contributed by atoms with van der Waals surface area (Å²) in [6.07, 6.45) is 4.49. The number of benzene rings is 1. The molecule has 0 amide bonds. The Labute approximate surface area is 109 Å². The third-order valence-electron chi connectivity index (χ3n) is 2.38. The van der Waals surface area contributed by atoms with E-state index >= 15 is 0 Å². The molecule has 1 aromatic carbocycles. The van der Waals surface area contributed by atoms with Gasteiger partial charge in [0.1, 0.15) is 0 Å². The van der Waals surface area contributed by atoms with E-state index in [4.69, 9.17) is 11.6 Å². The molecule has 0 bridgehead atoms. The average molecular weight is 263 g/mol. The molecule has 0 unspecified atom stereocenters. The summed E-state index contributed by atoms with van der Waals surface area (Å²) in [6, 6.07) is 7.29. The Morgan fingerprint density at radius 3 is 3.06 bits per heavy atom. The van der Waals surface area contributed by atoms with Crippen molar-refractivity contribution in [3.8, 4) is 0 Å². The third-order valence-corrected chi connectivity index (χ3v) is 2.71. The molecule has 0 radical (unpaired) electrons. The Morgan fingerprint density at radius 2 is 2.28 bits per heavy atom. The van der Waals surface area contributed by atoms with Crippen LogP contribution in [0.15, 0.2) is 42.7 Å². The summed E-state index contributed by atoms with van der Waals surface area (Å²) in [7, 11) is 1.33. The van der Waals surface area contributed by atoms with Crippen molar-refractivity contribution < 1.29 is 9.53 Å². The van der Waals surface area contributed by atoms with E-state index in [1.54, 1.807) is 18.3 Å². The van der Waals surface area contributed by atoms with E-state index in [0.717, 1.165) is 16.6 Å². The van der Waals surface area contributed by atoms with Crippen LogP contribution in [0.25, 0.3) is 10.9 Å². The van der Waals surface area contributed by atoms with Crippen molar-refractivity contribution in [3.63, 3.8) is 0 Å². The van der Waals surface area contributed by atoms with Gasteiger partial charge in [0.25, 0.3) is 0 Å². The molecule has 0 aliphatic heterocycles. The van der Waals surface area contributed by atoms with Crippen LogP contribution in [0.1, 0.15) is 0 Å². The van der Waals surface area contributed by atoms with Crippen molar-refractivity contribution in [1.82, 2.24) is 4.98 Å². The van der Waals surface area contributed by atoms with Gasteiger partial charge in [0.15, 0.2) is 0 Å². The SMILES string of the molecule is COC(=O)/C=C/Nc1ccc(Cl)c2cccnc12. The molecule has 92 valence electrons. The van der Waals surface area contributed by atoms with Crippen LogP contribution in [0.4, 0.5) is 5.69 Å². The molecule has 0 aliphatic carbocycles. The van der Waals surface area contributed by atoms with Crippen LogP contribution in [0.3, 0.4) is 0 Å². The first kappa shape index (κ1) is 12.4. The van der Waals surface area contributed by atoms with E-state index in [1.165, 1.54) is 19.4 Å². The van der Waals surface area contributed by atoms with Crippen LogP contribution in [0, 0.1) is 0 Å². The minimum Gasteiger partial charge on any atom is -0.466 e. The maximum Gasteiger partial charge on any atom is 0.331 e. The molecule has 0 saturated carbocycles. The highest BCUT2D eigenvalue weighted by Crippen LogP contribution is 2.27. The van der Waals surface area contributed by atoms with Crippen molar-refractivity contribution in [2.75, 3.05) is 12.4 Å². The van der Waals surface area contributed by atoms with E-state index in [-0.39, 0.29) is 0 Å². The Hall–Kier alpha value is -2.07. The number of halogens is 1. The van der Waals surface area contributed by atoms with E-state index < -0.39 is 5.97 Å². The molecule has 1 heterocycles. The quantitative estimate of drug-likeness (QED) is 0.682. The third kappa shape index (κ3) is 2.60. The number of esters is 1. The number of methoxy groups -OCH3 is 1. The lowest BCUT2D eigenvalue weighted by Gasteiger charge is -2.06. The second-order valence-electron chi connectivity index (χ2n) is 3.50. The molecule has 0 aliphatic rings. The Morgan fingerprint density at radius 1 is 1.44 bits per heavy atom. The molecule has 4 nitrogen and oxygen atoms in total. The number of nitrogens with one attached hydrogen (secondary N) is 1. The van der Waals surface area contributed by atoms with E-state index in [0.29, 0.717) is 5.02 Å². The lowest BCUT2D eigenvalue weighted by molar-refractivity contribution is -0.134. The molecule has 18 heavy (non-hydrogen) atoms.